The van der Waals surface area contributed by atoms with Gasteiger partial charge >= 0.3 is 0 Å². The first-order valence-electron chi connectivity index (χ1n) is 11.5. The van der Waals surface area contributed by atoms with Crippen LogP contribution in [0.5, 0.6) is 5.75 Å². The number of hydrogen-bond acceptors (Lipinski definition) is 3. The summed E-state index contributed by atoms with van der Waals surface area (Å²) >= 11 is 0. The molecule has 2 aromatic rings. The first-order chi connectivity index (χ1) is 14.6. The third-order valence-corrected chi connectivity index (χ3v) is 6.82. The average molecular weight is 425 g/mol. The third-order valence-electron chi connectivity index (χ3n) is 6.82. The molecule has 3 heteroatoms. The number of rotatable bonds is 10. The van der Waals surface area contributed by atoms with E-state index in [0.717, 1.165) is 43.3 Å². The molecule has 2 aromatic carbocycles. The van der Waals surface area contributed by atoms with Crippen LogP contribution in [-0.4, -0.2) is 24.1 Å². The van der Waals surface area contributed by atoms with Crippen molar-refractivity contribution in [2.45, 2.75) is 85.7 Å². The Morgan fingerprint density at radius 2 is 1.55 bits per heavy atom. The normalized spacial score (nSPS) is 13.2. The lowest BCUT2D eigenvalue weighted by Crippen LogP contribution is -2.27. The van der Waals surface area contributed by atoms with Crippen LogP contribution in [-0.2, 0) is 16.6 Å². The van der Waals surface area contributed by atoms with Gasteiger partial charge in [0.2, 0.25) is 0 Å². The fourth-order valence-electron chi connectivity index (χ4n) is 4.47. The van der Waals surface area contributed by atoms with E-state index >= 15 is 0 Å². The molecular weight excluding hydrogens is 384 g/mol. The van der Waals surface area contributed by atoms with Crippen molar-refractivity contribution in [3.63, 3.8) is 0 Å². The van der Waals surface area contributed by atoms with E-state index in [2.05, 4.69) is 71.9 Å². The van der Waals surface area contributed by atoms with Gasteiger partial charge in [-0.25, -0.2) is 0 Å². The molecule has 0 aliphatic rings. The van der Waals surface area contributed by atoms with E-state index in [9.17, 15) is 9.90 Å². The van der Waals surface area contributed by atoms with Crippen LogP contribution in [0.15, 0.2) is 36.4 Å². The Kier molecular flexibility index (Phi) is 8.48. The molecule has 0 saturated heterocycles. The highest BCUT2D eigenvalue weighted by atomic mass is 16.5. The van der Waals surface area contributed by atoms with Gasteiger partial charge in [0.1, 0.15) is 12.4 Å². The minimum atomic E-state index is -0.306. The van der Waals surface area contributed by atoms with Gasteiger partial charge in [-0.3, -0.25) is 4.79 Å². The first kappa shape index (κ1) is 25.1. The molecule has 2 rings (SSSR count). The molecule has 3 nitrogen and oxygen atoms in total. The van der Waals surface area contributed by atoms with Gasteiger partial charge in [-0.1, -0.05) is 65.0 Å². The van der Waals surface area contributed by atoms with Crippen LogP contribution in [0.3, 0.4) is 0 Å². The highest BCUT2D eigenvalue weighted by Gasteiger charge is 2.31. The molecule has 1 N–H and O–H groups in total. The van der Waals surface area contributed by atoms with Gasteiger partial charge in [-0.05, 0) is 78.8 Å². The summed E-state index contributed by atoms with van der Waals surface area (Å²) in [6.07, 6.45) is 4.13. The van der Waals surface area contributed by atoms with Crippen LogP contribution >= 0.6 is 0 Å². The van der Waals surface area contributed by atoms with Crippen molar-refractivity contribution in [1.82, 2.24) is 0 Å². The molecule has 1 unspecified atom stereocenters. The van der Waals surface area contributed by atoms with Gasteiger partial charge in [0.15, 0.2) is 6.29 Å². The maximum absolute atomic E-state index is 10.6. The zero-order valence-corrected chi connectivity index (χ0v) is 20.4. The lowest BCUT2D eigenvalue weighted by Gasteiger charge is -2.34. The van der Waals surface area contributed by atoms with Gasteiger partial charge in [0.25, 0.3) is 0 Å². The van der Waals surface area contributed by atoms with E-state index < -0.39 is 0 Å². The van der Waals surface area contributed by atoms with E-state index in [-0.39, 0.29) is 23.5 Å². The van der Waals surface area contributed by atoms with Crippen molar-refractivity contribution in [3.05, 3.63) is 64.2 Å². The van der Waals surface area contributed by atoms with Gasteiger partial charge in [0, 0.05) is 5.41 Å². The van der Waals surface area contributed by atoms with Crippen LogP contribution in [0.1, 0.15) is 81.7 Å². The van der Waals surface area contributed by atoms with Crippen molar-refractivity contribution in [3.8, 4) is 5.75 Å². The molecule has 170 valence electrons. The number of carbonyl (C=O) groups is 1. The average Bonchev–Trinajstić information content (AvgIpc) is 2.73. The number of benzene rings is 2. The van der Waals surface area contributed by atoms with Crippen LogP contribution in [0.25, 0.3) is 0 Å². The highest BCUT2D eigenvalue weighted by Crippen LogP contribution is 2.41. The number of aldehydes is 1. The minimum absolute atomic E-state index is 0.0673. The van der Waals surface area contributed by atoms with Crippen LogP contribution in [0.4, 0.5) is 0 Å². The number of ether oxygens (including phenoxy) is 1. The molecule has 0 heterocycles. The third kappa shape index (κ3) is 5.77. The first-order valence-corrected chi connectivity index (χ1v) is 11.5. The summed E-state index contributed by atoms with van der Waals surface area (Å²) in [5, 5.41) is 10.4. The molecule has 31 heavy (non-hydrogen) atoms. The summed E-state index contributed by atoms with van der Waals surface area (Å²) in [5.41, 5.74) is 6.10. The van der Waals surface area contributed by atoms with Crippen LogP contribution < -0.4 is 4.74 Å². The molecule has 0 spiro atoms. The smallest absolute Gasteiger partial charge is 0.157 e. The van der Waals surface area contributed by atoms with E-state index in [0.29, 0.717) is 0 Å². The molecule has 0 aliphatic carbocycles. The van der Waals surface area contributed by atoms with Crippen LogP contribution in [0.2, 0.25) is 0 Å². The molecule has 1 atom stereocenters. The molecule has 0 radical (unpaired) electrons. The Labute approximate surface area is 188 Å². The van der Waals surface area contributed by atoms with Gasteiger partial charge in [-0.2, -0.15) is 0 Å². The standard InChI is InChI=1S/C28H40O3/c1-8-28(9-2,24-13-14-25(21(4)19-24)31-17-16-29)23-12-10-22(20(3)18-23)11-15-26(30)27(5,6)7/h10,12-14,16,18-19,26,30H,8-9,11,15,17H2,1-7H3. The molecule has 0 saturated carbocycles. The highest BCUT2D eigenvalue weighted by molar-refractivity contribution is 5.52. The Morgan fingerprint density at radius 3 is 2.03 bits per heavy atom. The summed E-state index contributed by atoms with van der Waals surface area (Å²) in [4.78, 5) is 10.6. The number of aryl methyl sites for hydroxylation is 3. The molecule has 0 fully saturated rings. The molecular formula is C28H40O3. The largest absolute Gasteiger partial charge is 0.486 e. The van der Waals surface area contributed by atoms with Crippen LogP contribution in [0, 0.1) is 19.3 Å². The molecule has 0 bridgehead atoms. The fourth-order valence-corrected chi connectivity index (χ4v) is 4.47. The zero-order valence-electron chi connectivity index (χ0n) is 20.4. The Bertz CT molecular complexity index is 872. The van der Waals surface area contributed by atoms with E-state index in [1.54, 1.807) is 0 Å². The van der Waals surface area contributed by atoms with Crippen molar-refractivity contribution in [2.24, 2.45) is 5.41 Å². The molecule has 0 amide bonds. The number of carbonyl (C=O) groups excluding carboxylic acids is 1. The SMILES string of the molecule is CCC(CC)(c1ccc(CCC(O)C(C)(C)C)c(C)c1)c1ccc(OCC=O)c(C)c1. The predicted molar refractivity (Wildman–Crippen MR) is 129 cm³/mol. The van der Waals surface area contributed by atoms with Crippen molar-refractivity contribution in [2.75, 3.05) is 6.61 Å². The van der Waals surface area contributed by atoms with Gasteiger partial charge in [-0.15, -0.1) is 0 Å². The lowest BCUT2D eigenvalue weighted by molar-refractivity contribution is -0.109. The summed E-state index contributed by atoms with van der Waals surface area (Å²) in [5.74, 6) is 0.765. The topological polar surface area (TPSA) is 46.5 Å². The number of aliphatic hydroxyl groups excluding tert-OH is 1. The molecule has 0 aliphatic heterocycles. The second-order valence-electron chi connectivity index (χ2n) is 9.81. The maximum Gasteiger partial charge on any atom is 0.157 e. The minimum Gasteiger partial charge on any atom is -0.486 e. The van der Waals surface area contributed by atoms with Gasteiger partial charge in [0.05, 0.1) is 6.10 Å². The predicted octanol–water partition coefficient (Wildman–Crippen LogP) is 6.33. The zero-order chi connectivity index (χ0) is 23.2. The summed E-state index contributed by atoms with van der Waals surface area (Å²) in [6, 6.07) is 13.2. The molecule has 0 aromatic heterocycles. The Balaban J connectivity index is 2.35. The Hall–Kier alpha value is -2.13. The number of aliphatic hydroxyl groups is 1. The Morgan fingerprint density at radius 1 is 0.968 bits per heavy atom. The van der Waals surface area contributed by atoms with Crippen molar-refractivity contribution in [1.29, 1.82) is 0 Å². The van der Waals surface area contributed by atoms with E-state index in [4.69, 9.17) is 4.74 Å². The second-order valence-corrected chi connectivity index (χ2v) is 9.81. The van der Waals surface area contributed by atoms with Gasteiger partial charge < -0.3 is 9.84 Å². The lowest BCUT2D eigenvalue weighted by atomic mass is 9.69. The summed E-state index contributed by atoms with van der Waals surface area (Å²) in [7, 11) is 0. The fraction of sp³-hybridized carbons (Fsp3) is 0.536. The summed E-state index contributed by atoms with van der Waals surface area (Å²) < 4.78 is 5.54. The quantitative estimate of drug-likeness (QED) is 0.454. The van der Waals surface area contributed by atoms with Crippen molar-refractivity contribution >= 4 is 6.29 Å². The van der Waals surface area contributed by atoms with E-state index in [1.807, 2.05) is 13.0 Å². The number of hydrogen-bond donors (Lipinski definition) is 1. The van der Waals surface area contributed by atoms with E-state index in [1.165, 1.54) is 22.3 Å². The van der Waals surface area contributed by atoms with Crippen molar-refractivity contribution < 1.29 is 14.6 Å². The summed E-state index contributed by atoms with van der Waals surface area (Å²) in [6.45, 7) is 15.0. The monoisotopic (exact) mass is 424 g/mol. The second kappa shape index (κ2) is 10.5. The maximum atomic E-state index is 10.6.